The summed E-state index contributed by atoms with van der Waals surface area (Å²) in [5.74, 6) is 7.07. The standard InChI is InChI=1S/C14H18N2OS2/c1-14(7-3-9-18-14)13(17)16-10-12-6-5-11(19-12)4-2-8-15/h5-6H,3,7-10,15H2,1H3,(H,16,17). The first-order valence-electron chi connectivity index (χ1n) is 6.34. The van der Waals surface area contributed by atoms with Crippen LogP contribution in [0.25, 0.3) is 0 Å². The number of rotatable bonds is 3. The average Bonchev–Trinajstić information content (AvgIpc) is 3.03. The summed E-state index contributed by atoms with van der Waals surface area (Å²) in [5.41, 5.74) is 5.34. The maximum atomic E-state index is 12.1. The molecule has 1 fully saturated rings. The van der Waals surface area contributed by atoms with E-state index in [0.29, 0.717) is 13.1 Å². The molecule has 0 aliphatic carbocycles. The molecule has 0 aromatic carbocycles. The van der Waals surface area contributed by atoms with E-state index in [-0.39, 0.29) is 10.7 Å². The van der Waals surface area contributed by atoms with Crippen LogP contribution >= 0.6 is 23.1 Å². The zero-order valence-electron chi connectivity index (χ0n) is 11.0. The highest BCUT2D eigenvalue weighted by molar-refractivity contribution is 8.01. The van der Waals surface area contributed by atoms with Gasteiger partial charge < -0.3 is 11.1 Å². The first kappa shape index (κ1) is 14.4. The summed E-state index contributed by atoms with van der Waals surface area (Å²) in [6.07, 6.45) is 2.10. The minimum Gasteiger partial charge on any atom is -0.350 e. The summed E-state index contributed by atoms with van der Waals surface area (Å²) in [7, 11) is 0. The number of carbonyl (C=O) groups excluding carboxylic acids is 1. The molecule has 1 amide bonds. The van der Waals surface area contributed by atoms with E-state index in [4.69, 9.17) is 5.73 Å². The first-order chi connectivity index (χ1) is 9.14. The van der Waals surface area contributed by atoms with Gasteiger partial charge in [0.15, 0.2) is 0 Å². The quantitative estimate of drug-likeness (QED) is 0.838. The zero-order chi connectivity index (χ0) is 13.7. The van der Waals surface area contributed by atoms with Crippen LogP contribution in [0.15, 0.2) is 12.1 Å². The second kappa shape index (κ2) is 6.47. The van der Waals surface area contributed by atoms with Crippen molar-refractivity contribution in [2.75, 3.05) is 12.3 Å². The van der Waals surface area contributed by atoms with Crippen molar-refractivity contribution in [1.29, 1.82) is 0 Å². The molecule has 1 aliphatic heterocycles. The summed E-state index contributed by atoms with van der Waals surface area (Å²) in [4.78, 5) is 14.3. The van der Waals surface area contributed by atoms with E-state index in [2.05, 4.69) is 17.2 Å². The molecule has 0 radical (unpaired) electrons. The molecule has 2 heterocycles. The Labute approximate surface area is 122 Å². The van der Waals surface area contributed by atoms with Crippen LogP contribution in [0.3, 0.4) is 0 Å². The molecule has 5 heteroatoms. The normalized spacial score (nSPS) is 21.8. The second-order valence-corrected chi connectivity index (χ2v) is 7.40. The molecule has 102 valence electrons. The van der Waals surface area contributed by atoms with E-state index in [1.807, 2.05) is 19.1 Å². The SMILES string of the molecule is CC1(C(=O)NCc2ccc(C#CCN)s2)CCCS1. The molecule has 0 spiro atoms. The van der Waals surface area contributed by atoms with Crippen LogP contribution in [0.4, 0.5) is 0 Å². The minimum atomic E-state index is -0.237. The molecule has 1 saturated heterocycles. The lowest BCUT2D eigenvalue weighted by Crippen LogP contribution is -2.39. The van der Waals surface area contributed by atoms with Gasteiger partial charge in [-0.1, -0.05) is 11.8 Å². The third-order valence-electron chi connectivity index (χ3n) is 3.10. The van der Waals surface area contributed by atoms with Crippen LogP contribution in [-0.4, -0.2) is 23.0 Å². The molecule has 1 aliphatic rings. The van der Waals surface area contributed by atoms with Crippen LogP contribution < -0.4 is 11.1 Å². The number of hydrogen-bond acceptors (Lipinski definition) is 4. The lowest BCUT2D eigenvalue weighted by atomic mass is 10.1. The second-order valence-electron chi connectivity index (χ2n) is 4.64. The fourth-order valence-corrected chi connectivity index (χ4v) is 4.04. The molecule has 1 unspecified atom stereocenters. The van der Waals surface area contributed by atoms with E-state index >= 15 is 0 Å². The van der Waals surface area contributed by atoms with E-state index < -0.39 is 0 Å². The van der Waals surface area contributed by atoms with Gasteiger partial charge in [0.25, 0.3) is 0 Å². The predicted octanol–water partition coefficient (Wildman–Crippen LogP) is 1.96. The van der Waals surface area contributed by atoms with Crippen LogP contribution in [0.5, 0.6) is 0 Å². The van der Waals surface area contributed by atoms with Gasteiger partial charge in [-0.25, -0.2) is 0 Å². The van der Waals surface area contributed by atoms with E-state index in [1.165, 1.54) is 0 Å². The van der Waals surface area contributed by atoms with E-state index in [1.54, 1.807) is 23.1 Å². The van der Waals surface area contributed by atoms with Crippen molar-refractivity contribution < 1.29 is 4.79 Å². The third-order valence-corrected chi connectivity index (χ3v) is 5.62. The summed E-state index contributed by atoms with van der Waals surface area (Å²) in [6, 6.07) is 3.98. The summed E-state index contributed by atoms with van der Waals surface area (Å²) in [5, 5.41) is 3.03. The van der Waals surface area contributed by atoms with Gasteiger partial charge in [-0.05, 0) is 37.7 Å². The maximum absolute atomic E-state index is 12.1. The van der Waals surface area contributed by atoms with Gasteiger partial charge in [0.05, 0.1) is 22.7 Å². The Morgan fingerprint density at radius 1 is 1.58 bits per heavy atom. The fourth-order valence-electron chi connectivity index (χ4n) is 1.99. The Bertz CT molecular complexity index is 507. The highest BCUT2D eigenvalue weighted by atomic mass is 32.2. The van der Waals surface area contributed by atoms with Gasteiger partial charge in [-0.2, -0.15) is 0 Å². The Hall–Kier alpha value is -0.960. The zero-order valence-corrected chi connectivity index (χ0v) is 12.6. The van der Waals surface area contributed by atoms with E-state index in [9.17, 15) is 4.79 Å². The van der Waals surface area contributed by atoms with Crippen LogP contribution in [0, 0.1) is 11.8 Å². The van der Waals surface area contributed by atoms with Crippen LogP contribution in [0.2, 0.25) is 0 Å². The molecular weight excluding hydrogens is 276 g/mol. The van der Waals surface area contributed by atoms with Crippen molar-refractivity contribution >= 4 is 29.0 Å². The number of hydrogen-bond donors (Lipinski definition) is 2. The molecule has 3 nitrogen and oxygen atoms in total. The number of nitrogens with one attached hydrogen (secondary N) is 1. The lowest BCUT2D eigenvalue weighted by molar-refractivity contribution is -0.123. The molecular formula is C14H18N2OS2. The molecule has 1 atom stereocenters. The van der Waals surface area contributed by atoms with Gasteiger partial charge in [-0.3, -0.25) is 4.79 Å². The lowest BCUT2D eigenvalue weighted by Gasteiger charge is -2.21. The van der Waals surface area contributed by atoms with Crippen molar-refractivity contribution in [3.05, 3.63) is 21.9 Å². The summed E-state index contributed by atoms with van der Waals surface area (Å²) >= 11 is 3.36. The van der Waals surface area contributed by atoms with E-state index in [0.717, 1.165) is 28.3 Å². The summed E-state index contributed by atoms with van der Waals surface area (Å²) in [6.45, 7) is 3.00. The van der Waals surface area contributed by atoms with Crippen molar-refractivity contribution in [2.24, 2.45) is 5.73 Å². The third kappa shape index (κ3) is 3.75. The molecule has 0 bridgehead atoms. The van der Waals surface area contributed by atoms with Gasteiger partial charge >= 0.3 is 0 Å². The molecule has 3 N–H and O–H groups in total. The van der Waals surface area contributed by atoms with Crippen molar-refractivity contribution in [3.8, 4) is 11.8 Å². The number of carbonyl (C=O) groups is 1. The van der Waals surface area contributed by atoms with Gasteiger partial charge in [-0.15, -0.1) is 23.1 Å². The average molecular weight is 294 g/mol. The minimum absolute atomic E-state index is 0.151. The Morgan fingerprint density at radius 2 is 2.42 bits per heavy atom. The largest absolute Gasteiger partial charge is 0.350 e. The smallest absolute Gasteiger partial charge is 0.236 e. The molecule has 19 heavy (non-hydrogen) atoms. The first-order valence-corrected chi connectivity index (χ1v) is 8.14. The Kier molecular flexibility index (Phi) is 4.92. The van der Waals surface area contributed by atoms with Crippen molar-refractivity contribution in [1.82, 2.24) is 5.32 Å². The molecule has 0 saturated carbocycles. The monoisotopic (exact) mass is 294 g/mol. The van der Waals surface area contributed by atoms with Crippen molar-refractivity contribution in [3.63, 3.8) is 0 Å². The molecule has 2 rings (SSSR count). The van der Waals surface area contributed by atoms with Crippen LogP contribution in [-0.2, 0) is 11.3 Å². The number of nitrogens with two attached hydrogens (primary N) is 1. The van der Waals surface area contributed by atoms with Gasteiger partial charge in [0.2, 0.25) is 5.91 Å². The maximum Gasteiger partial charge on any atom is 0.236 e. The van der Waals surface area contributed by atoms with Crippen LogP contribution in [0.1, 0.15) is 29.5 Å². The van der Waals surface area contributed by atoms with Gasteiger partial charge in [0, 0.05) is 4.88 Å². The molecule has 1 aromatic rings. The van der Waals surface area contributed by atoms with Gasteiger partial charge in [0.1, 0.15) is 0 Å². The summed E-state index contributed by atoms with van der Waals surface area (Å²) < 4.78 is -0.237. The fraction of sp³-hybridized carbons (Fsp3) is 0.500. The predicted molar refractivity (Wildman–Crippen MR) is 82.2 cm³/mol. The number of thiophene rings is 1. The highest BCUT2D eigenvalue weighted by Crippen LogP contribution is 2.37. The molecule has 1 aromatic heterocycles. The number of thioether (sulfide) groups is 1. The number of amides is 1. The van der Waals surface area contributed by atoms with Crippen molar-refractivity contribution in [2.45, 2.75) is 31.1 Å². The Morgan fingerprint density at radius 3 is 3.11 bits per heavy atom. The Balaban J connectivity index is 1.88. The highest BCUT2D eigenvalue weighted by Gasteiger charge is 2.36. The topological polar surface area (TPSA) is 55.1 Å².